The van der Waals surface area contributed by atoms with Crippen LogP contribution >= 0.6 is 0 Å². The summed E-state index contributed by atoms with van der Waals surface area (Å²) >= 11 is 0. The first-order chi connectivity index (χ1) is 10.2. The van der Waals surface area contributed by atoms with Crippen LogP contribution in [0.2, 0.25) is 0 Å². The van der Waals surface area contributed by atoms with Crippen molar-refractivity contribution in [3.05, 3.63) is 35.4 Å². The van der Waals surface area contributed by atoms with Crippen molar-refractivity contribution in [1.82, 2.24) is 4.90 Å². The highest BCUT2D eigenvalue weighted by atomic mass is 32.2. The summed E-state index contributed by atoms with van der Waals surface area (Å²) in [4.78, 5) is 24.9. The van der Waals surface area contributed by atoms with Crippen molar-refractivity contribution in [2.24, 2.45) is 0 Å². The largest absolute Gasteiger partial charge is 0.480 e. The second-order valence-corrected chi connectivity index (χ2v) is 8.26. The molecule has 1 aromatic rings. The molecule has 1 aromatic carbocycles. The minimum Gasteiger partial charge on any atom is -0.480 e. The van der Waals surface area contributed by atoms with Crippen molar-refractivity contribution in [3.63, 3.8) is 0 Å². The molecule has 0 aliphatic carbocycles. The highest BCUT2D eigenvalue weighted by Crippen LogP contribution is 2.24. The fourth-order valence-corrected chi connectivity index (χ4v) is 3.27. The van der Waals surface area contributed by atoms with Crippen LogP contribution in [0.5, 0.6) is 0 Å². The van der Waals surface area contributed by atoms with Crippen molar-refractivity contribution in [3.8, 4) is 0 Å². The number of fused-ring (bicyclic) bond motifs is 1. The maximum absolute atomic E-state index is 12.3. The highest BCUT2D eigenvalue weighted by molar-refractivity contribution is 7.92. The minimum atomic E-state index is -3.56. The molecule has 2 rings (SSSR count). The van der Waals surface area contributed by atoms with E-state index in [0.29, 0.717) is 0 Å². The standard InChI is InChI=1S/C15H19NO5S/c1-10(2)22(20,21)9-14(17)16-8-12-6-4-3-5-11(12)7-13(16)15(18)19/h3-6,10,13H,7-9H2,1-2H3,(H,18,19). The average molecular weight is 325 g/mol. The van der Waals surface area contributed by atoms with Gasteiger partial charge in [0.05, 0.1) is 5.25 Å². The summed E-state index contributed by atoms with van der Waals surface area (Å²) in [5, 5.41) is 8.68. The molecule has 7 heteroatoms. The van der Waals surface area contributed by atoms with Gasteiger partial charge in [0.1, 0.15) is 11.8 Å². The number of carbonyl (C=O) groups is 2. The number of nitrogens with zero attached hydrogens (tertiary/aromatic N) is 1. The van der Waals surface area contributed by atoms with Gasteiger partial charge < -0.3 is 10.0 Å². The Balaban J connectivity index is 2.28. The SMILES string of the molecule is CC(C)S(=O)(=O)CC(=O)N1Cc2ccccc2CC1C(=O)O. The summed E-state index contributed by atoms with van der Waals surface area (Å²) in [6.07, 6.45) is 0.193. The molecular formula is C15H19NO5S. The number of carboxylic acid groups (broad SMARTS) is 1. The smallest absolute Gasteiger partial charge is 0.326 e. The Morgan fingerprint density at radius 1 is 1.27 bits per heavy atom. The van der Waals surface area contributed by atoms with E-state index >= 15 is 0 Å². The van der Waals surface area contributed by atoms with Gasteiger partial charge in [-0.1, -0.05) is 24.3 Å². The molecule has 6 nitrogen and oxygen atoms in total. The zero-order valence-electron chi connectivity index (χ0n) is 12.5. The van der Waals surface area contributed by atoms with E-state index in [-0.39, 0.29) is 13.0 Å². The predicted molar refractivity (Wildman–Crippen MR) is 81.0 cm³/mol. The van der Waals surface area contributed by atoms with Gasteiger partial charge >= 0.3 is 5.97 Å². The van der Waals surface area contributed by atoms with Crippen LogP contribution in [0.25, 0.3) is 0 Å². The van der Waals surface area contributed by atoms with Crippen LogP contribution in [0.1, 0.15) is 25.0 Å². The molecule has 1 amide bonds. The summed E-state index contributed by atoms with van der Waals surface area (Å²) in [6, 6.07) is 6.26. The van der Waals surface area contributed by atoms with Gasteiger partial charge in [-0.2, -0.15) is 0 Å². The summed E-state index contributed by atoms with van der Waals surface area (Å²) in [5.74, 6) is -2.43. The van der Waals surface area contributed by atoms with Gasteiger partial charge in [-0.25, -0.2) is 13.2 Å². The number of hydrogen-bond acceptors (Lipinski definition) is 4. The number of amides is 1. The van der Waals surface area contributed by atoms with Crippen LogP contribution in [-0.4, -0.2) is 47.3 Å². The van der Waals surface area contributed by atoms with Crippen LogP contribution in [0.3, 0.4) is 0 Å². The molecule has 0 fully saturated rings. The van der Waals surface area contributed by atoms with E-state index in [1.807, 2.05) is 24.3 Å². The second-order valence-electron chi connectivity index (χ2n) is 5.70. The van der Waals surface area contributed by atoms with E-state index in [9.17, 15) is 23.1 Å². The summed E-state index contributed by atoms with van der Waals surface area (Å²) in [7, 11) is -3.56. The van der Waals surface area contributed by atoms with Gasteiger partial charge in [-0.3, -0.25) is 4.79 Å². The Kier molecular flexibility index (Phi) is 4.55. The molecule has 1 heterocycles. The molecule has 1 unspecified atom stereocenters. The topological polar surface area (TPSA) is 91.8 Å². The average Bonchev–Trinajstić information content (AvgIpc) is 2.45. The number of carbonyl (C=O) groups excluding carboxylic acids is 1. The van der Waals surface area contributed by atoms with E-state index in [2.05, 4.69) is 0 Å². The number of benzene rings is 1. The number of hydrogen-bond donors (Lipinski definition) is 1. The Hall–Kier alpha value is -1.89. The lowest BCUT2D eigenvalue weighted by Crippen LogP contribution is -2.50. The lowest BCUT2D eigenvalue weighted by atomic mass is 9.94. The molecule has 120 valence electrons. The van der Waals surface area contributed by atoms with Crippen molar-refractivity contribution < 1.29 is 23.1 Å². The van der Waals surface area contributed by atoms with E-state index in [4.69, 9.17) is 0 Å². The van der Waals surface area contributed by atoms with Gasteiger partial charge in [0.25, 0.3) is 0 Å². The van der Waals surface area contributed by atoms with Crippen LogP contribution in [0.15, 0.2) is 24.3 Å². The third-order valence-corrected chi connectivity index (χ3v) is 5.98. The summed E-state index contributed by atoms with van der Waals surface area (Å²) in [6.45, 7) is 3.13. The lowest BCUT2D eigenvalue weighted by molar-refractivity contribution is -0.150. The monoisotopic (exact) mass is 325 g/mol. The molecule has 0 saturated carbocycles. The molecule has 1 aliphatic rings. The second kappa shape index (κ2) is 6.08. The number of sulfone groups is 1. The van der Waals surface area contributed by atoms with E-state index in [1.54, 1.807) is 0 Å². The Morgan fingerprint density at radius 3 is 2.41 bits per heavy atom. The highest BCUT2D eigenvalue weighted by Gasteiger charge is 2.36. The quantitative estimate of drug-likeness (QED) is 0.886. The molecule has 1 aliphatic heterocycles. The Bertz CT molecular complexity index is 696. The minimum absolute atomic E-state index is 0.125. The predicted octanol–water partition coefficient (Wildman–Crippen LogP) is 0.848. The Labute approximate surface area is 129 Å². The summed E-state index contributed by atoms with van der Waals surface area (Å²) in [5.41, 5.74) is 1.74. The first-order valence-corrected chi connectivity index (χ1v) is 8.74. The molecule has 1 N–H and O–H groups in total. The zero-order valence-corrected chi connectivity index (χ0v) is 13.3. The number of aliphatic carboxylic acids is 1. The fourth-order valence-electron chi connectivity index (χ4n) is 2.43. The molecule has 0 bridgehead atoms. The van der Waals surface area contributed by atoms with Gasteiger partial charge in [0.2, 0.25) is 5.91 Å². The van der Waals surface area contributed by atoms with Gasteiger partial charge in [0.15, 0.2) is 9.84 Å². The fraction of sp³-hybridized carbons (Fsp3) is 0.467. The molecule has 0 spiro atoms. The molecular weight excluding hydrogens is 306 g/mol. The lowest BCUT2D eigenvalue weighted by Gasteiger charge is -2.34. The van der Waals surface area contributed by atoms with Gasteiger partial charge in [0, 0.05) is 13.0 Å². The zero-order chi connectivity index (χ0) is 16.5. The van der Waals surface area contributed by atoms with Gasteiger partial charge in [-0.05, 0) is 25.0 Å². The first-order valence-electron chi connectivity index (χ1n) is 7.03. The molecule has 0 aromatic heterocycles. The Morgan fingerprint density at radius 2 is 1.86 bits per heavy atom. The van der Waals surface area contributed by atoms with Crippen LogP contribution in [0, 0.1) is 0 Å². The maximum atomic E-state index is 12.3. The summed E-state index contributed by atoms with van der Waals surface area (Å²) < 4.78 is 23.8. The van der Waals surface area contributed by atoms with Crippen molar-refractivity contribution in [1.29, 1.82) is 0 Å². The van der Waals surface area contributed by atoms with Gasteiger partial charge in [-0.15, -0.1) is 0 Å². The molecule has 22 heavy (non-hydrogen) atoms. The molecule has 0 radical (unpaired) electrons. The van der Waals surface area contributed by atoms with Crippen LogP contribution in [0.4, 0.5) is 0 Å². The number of carboxylic acids is 1. The molecule has 0 saturated heterocycles. The third kappa shape index (κ3) is 3.30. The van der Waals surface area contributed by atoms with Crippen molar-refractivity contribution in [2.45, 2.75) is 38.1 Å². The van der Waals surface area contributed by atoms with Crippen LogP contribution in [-0.2, 0) is 32.4 Å². The van der Waals surface area contributed by atoms with E-state index in [0.717, 1.165) is 16.0 Å². The normalized spacial score (nSPS) is 18.1. The number of rotatable bonds is 4. The molecule has 1 atom stereocenters. The van der Waals surface area contributed by atoms with E-state index < -0.39 is 38.8 Å². The van der Waals surface area contributed by atoms with E-state index in [1.165, 1.54) is 13.8 Å². The van der Waals surface area contributed by atoms with Crippen molar-refractivity contribution in [2.75, 3.05) is 5.75 Å². The van der Waals surface area contributed by atoms with Crippen molar-refractivity contribution >= 4 is 21.7 Å². The third-order valence-electron chi connectivity index (χ3n) is 3.90. The van der Waals surface area contributed by atoms with Crippen LogP contribution < -0.4 is 0 Å². The maximum Gasteiger partial charge on any atom is 0.326 e. The first kappa shape index (κ1) is 16.5.